The van der Waals surface area contributed by atoms with Gasteiger partial charge in [-0.2, -0.15) is 4.79 Å². The lowest BCUT2D eigenvalue weighted by Crippen LogP contribution is -1.88. The Balaban J connectivity index is 0.000001000. The van der Waals surface area contributed by atoms with Gasteiger partial charge in [0.25, 0.3) is 0 Å². The monoisotopic (exact) mass is 149 g/mol. The lowest BCUT2D eigenvalue weighted by molar-refractivity contribution is 0.104. The van der Waals surface area contributed by atoms with Crippen LogP contribution in [0.5, 0.6) is 0 Å². The smallest absolute Gasteiger partial charge is 0.193 e. The van der Waals surface area contributed by atoms with Crippen LogP contribution in [0, 0.1) is 5.39 Å². The van der Waals surface area contributed by atoms with Gasteiger partial charge in [-0.3, -0.25) is 0 Å². The molecule has 11 heavy (non-hydrogen) atoms. The van der Waals surface area contributed by atoms with E-state index in [1.54, 1.807) is 30.3 Å². The Labute approximate surface area is 65.3 Å². The molecule has 0 saturated heterocycles. The zero-order valence-corrected chi connectivity index (χ0v) is 5.19. The number of hydrogen-bond donors (Lipinski definition) is 0. The average Bonchev–Trinajstić information content (AvgIpc) is 2.05. The van der Waals surface area contributed by atoms with E-state index in [9.17, 15) is 4.79 Å². The minimum Gasteiger partial charge on any atom is -0.193 e. The topological polar surface area (TPSA) is 45.2 Å². The van der Waals surface area contributed by atoms with Crippen molar-refractivity contribution in [2.75, 3.05) is 0 Å². The van der Waals surface area contributed by atoms with Gasteiger partial charge in [-0.25, -0.2) is 0 Å². The largest absolute Gasteiger partial charge is 0.593 e. The summed E-state index contributed by atoms with van der Waals surface area (Å²) in [5.41, 5.74) is 0.394. The molecule has 0 aliphatic carbocycles. The number of carbonyl (C=O) groups excluding carboxylic acids is 1. The Morgan fingerprint density at radius 2 is 1.82 bits per heavy atom. The van der Waals surface area contributed by atoms with Gasteiger partial charge in [-0.15, -0.1) is 0 Å². The predicted octanol–water partition coefficient (Wildman–Crippen LogP) is 2.32. The molecule has 0 N–H and O–H groups in total. The van der Waals surface area contributed by atoms with Crippen LogP contribution in [0.15, 0.2) is 30.3 Å². The minimum atomic E-state index is -0.611. The maximum Gasteiger partial charge on any atom is 0.593 e. The Hall–Kier alpha value is -1.69. The number of rotatable bonds is 1. The Morgan fingerprint density at radius 3 is 2.27 bits per heavy atom. The number of diazo groups is 1. The van der Waals surface area contributed by atoms with E-state index in [0.29, 0.717) is 5.56 Å². The fourth-order valence-electron chi connectivity index (χ4n) is 0.638. The summed E-state index contributed by atoms with van der Waals surface area (Å²) in [7, 11) is 0. The van der Waals surface area contributed by atoms with Gasteiger partial charge in [0.2, 0.25) is 10.4 Å². The lowest BCUT2D eigenvalue weighted by atomic mass is 10.2. The summed E-state index contributed by atoms with van der Waals surface area (Å²) in [4.78, 5) is 13.1. The van der Waals surface area contributed by atoms with Crippen LogP contribution in [-0.4, -0.2) is 5.91 Å². The first-order valence-corrected chi connectivity index (χ1v) is 2.79. The van der Waals surface area contributed by atoms with Gasteiger partial charge in [0.1, 0.15) is 5.56 Å². The van der Waals surface area contributed by atoms with Crippen LogP contribution in [0.4, 0.5) is 0 Å². The van der Waals surface area contributed by atoms with Crippen LogP contribution in [0.2, 0.25) is 0 Å². The maximum absolute atomic E-state index is 10.6. The zero-order chi connectivity index (χ0) is 7.40. The summed E-state index contributed by atoms with van der Waals surface area (Å²) in [6.07, 6.45) is 0. The van der Waals surface area contributed by atoms with Gasteiger partial charge >= 0.3 is 5.91 Å². The van der Waals surface area contributed by atoms with E-state index >= 15 is 0 Å². The number of nitrogens with zero attached hydrogens (tertiary/aromatic N) is 2. The van der Waals surface area contributed by atoms with Crippen molar-refractivity contribution in [1.29, 1.82) is 5.39 Å². The Morgan fingerprint density at radius 1 is 1.27 bits per heavy atom. The maximum atomic E-state index is 10.6. The minimum absolute atomic E-state index is 0. The quantitative estimate of drug-likeness (QED) is 0.575. The molecule has 0 atom stereocenters. The molecule has 1 rings (SSSR count). The van der Waals surface area contributed by atoms with E-state index in [-0.39, 0.29) is 7.43 Å². The predicted molar refractivity (Wildman–Crippen MR) is 42.6 cm³/mol. The van der Waals surface area contributed by atoms with E-state index in [0.717, 1.165) is 0 Å². The highest BCUT2D eigenvalue weighted by atomic mass is 16.1. The van der Waals surface area contributed by atoms with Gasteiger partial charge in [0, 0.05) is 0 Å². The third kappa shape index (κ3) is 2.18. The van der Waals surface area contributed by atoms with Crippen molar-refractivity contribution in [3.05, 3.63) is 40.9 Å². The third-order valence-corrected chi connectivity index (χ3v) is 1.11. The van der Waals surface area contributed by atoms with E-state index < -0.39 is 5.91 Å². The van der Waals surface area contributed by atoms with E-state index in [2.05, 4.69) is 4.98 Å². The summed E-state index contributed by atoms with van der Waals surface area (Å²) in [6.45, 7) is 0. The first-order valence-electron chi connectivity index (χ1n) is 2.79. The summed E-state index contributed by atoms with van der Waals surface area (Å²) < 4.78 is 0. The van der Waals surface area contributed by atoms with E-state index in [1.807, 2.05) is 0 Å². The lowest BCUT2D eigenvalue weighted by Gasteiger charge is -1.79. The normalized spacial score (nSPS) is 7.55. The van der Waals surface area contributed by atoms with Crippen LogP contribution < -0.4 is 0 Å². The highest BCUT2D eigenvalue weighted by Gasteiger charge is 2.15. The van der Waals surface area contributed by atoms with Crippen LogP contribution in [0.25, 0.3) is 4.98 Å². The van der Waals surface area contributed by atoms with Gasteiger partial charge < -0.3 is 0 Å². The summed E-state index contributed by atoms with van der Waals surface area (Å²) in [5.74, 6) is -0.611. The average molecular weight is 149 g/mol. The molecule has 0 unspecified atom stereocenters. The first-order chi connectivity index (χ1) is 4.84. The molecule has 0 aromatic heterocycles. The van der Waals surface area contributed by atoms with Crippen LogP contribution in [0.1, 0.15) is 17.8 Å². The second kappa shape index (κ2) is 4.18. The Bertz CT molecular complexity index is 274. The first kappa shape index (κ1) is 9.31. The van der Waals surface area contributed by atoms with Crippen molar-refractivity contribution in [3.63, 3.8) is 0 Å². The van der Waals surface area contributed by atoms with Crippen molar-refractivity contribution >= 4 is 5.91 Å². The molecule has 0 radical (unpaired) electrons. The van der Waals surface area contributed by atoms with Crippen molar-refractivity contribution in [2.45, 2.75) is 7.43 Å². The molecule has 0 heterocycles. The molecule has 56 valence electrons. The van der Waals surface area contributed by atoms with Crippen LogP contribution in [-0.2, 0) is 0 Å². The van der Waals surface area contributed by atoms with E-state index in [4.69, 9.17) is 5.39 Å². The van der Waals surface area contributed by atoms with Crippen molar-refractivity contribution in [1.82, 2.24) is 0 Å². The molecular formula is C8H9N2O+. The highest BCUT2D eigenvalue weighted by Crippen LogP contribution is 1.99. The number of carbonyl (C=O) groups is 1. The van der Waals surface area contributed by atoms with Gasteiger partial charge in [0.05, 0.1) is 0 Å². The highest BCUT2D eigenvalue weighted by molar-refractivity contribution is 6.00. The molecule has 0 saturated carbocycles. The zero-order valence-electron chi connectivity index (χ0n) is 5.19. The third-order valence-electron chi connectivity index (χ3n) is 1.11. The number of hydrogen-bond acceptors (Lipinski definition) is 2. The Kier molecular flexibility index (Phi) is 3.54. The molecule has 0 aliphatic heterocycles. The van der Waals surface area contributed by atoms with E-state index in [1.165, 1.54) is 0 Å². The molecule has 1 aromatic rings. The van der Waals surface area contributed by atoms with Gasteiger partial charge in [-0.1, -0.05) is 25.6 Å². The number of amides is 1. The second-order valence-corrected chi connectivity index (χ2v) is 1.77. The van der Waals surface area contributed by atoms with Gasteiger partial charge in [0.15, 0.2) is 0 Å². The van der Waals surface area contributed by atoms with Crippen molar-refractivity contribution in [2.24, 2.45) is 0 Å². The molecule has 1 aromatic carbocycles. The second-order valence-electron chi connectivity index (χ2n) is 1.77. The van der Waals surface area contributed by atoms with Crippen LogP contribution in [0.3, 0.4) is 0 Å². The molecular weight excluding hydrogens is 140 g/mol. The summed E-state index contributed by atoms with van der Waals surface area (Å²) in [6, 6.07) is 8.37. The summed E-state index contributed by atoms with van der Waals surface area (Å²) >= 11 is 0. The van der Waals surface area contributed by atoms with Crippen LogP contribution >= 0.6 is 0 Å². The fourth-order valence-corrected chi connectivity index (χ4v) is 0.638. The molecule has 0 fully saturated rings. The standard InChI is InChI=1S/C7H5N2O.CH4/c8-9-7(10)6-4-2-1-3-5-6;/h1-5H;1H4/q+1;. The van der Waals surface area contributed by atoms with Gasteiger partial charge in [-0.05, 0) is 12.1 Å². The number of benzene rings is 1. The molecule has 0 bridgehead atoms. The fraction of sp³-hybridized carbons (Fsp3) is 0.125. The SMILES string of the molecule is C.N#[N+]C(=O)c1ccccc1. The van der Waals surface area contributed by atoms with Crippen molar-refractivity contribution < 1.29 is 4.79 Å². The molecule has 1 amide bonds. The molecule has 0 aliphatic rings. The molecule has 0 spiro atoms. The molecule has 3 heteroatoms. The molecule has 3 nitrogen and oxygen atoms in total. The summed E-state index contributed by atoms with van der Waals surface area (Å²) in [5, 5.41) is 8.06. The van der Waals surface area contributed by atoms with Crippen molar-refractivity contribution in [3.8, 4) is 0 Å².